The maximum absolute atomic E-state index is 6.53. The number of anilines is 1. The van der Waals surface area contributed by atoms with Crippen LogP contribution in [0.15, 0.2) is 60.9 Å². The van der Waals surface area contributed by atoms with Crippen LogP contribution in [0.5, 0.6) is 11.6 Å². The van der Waals surface area contributed by atoms with Crippen molar-refractivity contribution in [1.29, 1.82) is 0 Å². The number of pyridine rings is 1. The van der Waals surface area contributed by atoms with E-state index in [-0.39, 0.29) is 0 Å². The zero-order chi connectivity index (χ0) is 19.1. The lowest BCUT2D eigenvalue weighted by molar-refractivity contribution is 0.465. The number of halogens is 1. The molecule has 0 saturated carbocycles. The molecule has 5 rings (SSSR count). The molecular weight excluding hydrogens is 376 g/mol. The third kappa shape index (κ3) is 2.78. The number of nitrogens with one attached hydrogen (secondary N) is 1. The summed E-state index contributed by atoms with van der Waals surface area (Å²) in [5.41, 5.74) is 8.59. The first kappa shape index (κ1) is 16.5. The first-order chi connectivity index (χ1) is 13.7. The quantitative estimate of drug-likeness (QED) is 0.468. The van der Waals surface area contributed by atoms with Crippen molar-refractivity contribution in [2.75, 3.05) is 5.73 Å². The molecule has 3 aromatic heterocycles. The van der Waals surface area contributed by atoms with E-state index in [9.17, 15) is 0 Å². The Morgan fingerprint density at radius 2 is 1.86 bits per heavy atom. The average molecular weight is 389 g/mol. The summed E-state index contributed by atoms with van der Waals surface area (Å²) < 4.78 is 5.83. The first-order valence-corrected chi connectivity index (χ1v) is 8.85. The topological polar surface area (TPSA) is 103 Å². The van der Waals surface area contributed by atoms with Gasteiger partial charge in [0.1, 0.15) is 17.9 Å². The van der Waals surface area contributed by atoms with Gasteiger partial charge in [0.25, 0.3) is 0 Å². The standard InChI is InChI=1S/C20H13ClN6O/c21-14-8-11-6-7-16(28-12-4-2-1-3-5-12)25-15(11)9-13(14)18-17-19(22)23-10-24-20(17)27-26-18/h1-10H,(H3,22,23,24,26,27). The maximum atomic E-state index is 6.53. The van der Waals surface area contributed by atoms with Crippen LogP contribution in [0.3, 0.4) is 0 Å². The molecule has 0 amide bonds. The fourth-order valence-electron chi connectivity index (χ4n) is 3.06. The van der Waals surface area contributed by atoms with Gasteiger partial charge in [0.05, 0.1) is 21.6 Å². The van der Waals surface area contributed by atoms with Gasteiger partial charge in [-0.05, 0) is 30.3 Å². The SMILES string of the molecule is Nc1ncnc2n[nH]c(-c3cc4nc(Oc5ccccc5)ccc4cc3Cl)c12. The van der Waals surface area contributed by atoms with Gasteiger partial charge in [0, 0.05) is 17.0 Å². The molecule has 0 unspecified atom stereocenters. The molecule has 0 spiro atoms. The minimum absolute atomic E-state index is 0.332. The number of hydrogen-bond acceptors (Lipinski definition) is 6. The number of nitrogens with zero attached hydrogens (tertiary/aromatic N) is 4. The molecule has 0 bridgehead atoms. The third-order valence-corrected chi connectivity index (χ3v) is 4.68. The minimum atomic E-state index is 0.332. The summed E-state index contributed by atoms with van der Waals surface area (Å²) in [7, 11) is 0. The molecule has 136 valence electrons. The zero-order valence-corrected chi connectivity index (χ0v) is 15.2. The summed E-state index contributed by atoms with van der Waals surface area (Å²) in [5.74, 6) is 1.54. The summed E-state index contributed by atoms with van der Waals surface area (Å²) in [6, 6.07) is 16.9. The van der Waals surface area contributed by atoms with Crippen LogP contribution in [0.1, 0.15) is 0 Å². The fraction of sp³-hybridized carbons (Fsp3) is 0. The van der Waals surface area contributed by atoms with Crippen molar-refractivity contribution in [3.63, 3.8) is 0 Å². The van der Waals surface area contributed by atoms with Crippen molar-refractivity contribution in [3.05, 3.63) is 65.9 Å². The molecular formula is C20H13ClN6O. The van der Waals surface area contributed by atoms with Crippen molar-refractivity contribution in [2.24, 2.45) is 0 Å². The molecule has 0 atom stereocenters. The van der Waals surface area contributed by atoms with Crippen LogP contribution in [0, 0.1) is 0 Å². The van der Waals surface area contributed by atoms with E-state index in [0.717, 1.165) is 10.9 Å². The predicted octanol–water partition coefficient (Wildman–Crippen LogP) is 4.60. The molecule has 3 heterocycles. The van der Waals surface area contributed by atoms with Crippen molar-refractivity contribution >= 4 is 39.4 Å². The van der Waals surface area contributed by atoms with Crippen LogP contribution in [0.2, 0.25) is 5.02 Å². The van der Waals surface area contributed by atoms with Crippen LogP contribution in [0.25, 0.3) is 33.2 Å². The van der Waals surface area contributed by atoms with E-state index >= 15 is 0 Å². The number of fused-ring (bicyclic) bond motifs is 2. The fourth-order valence-corrected chi connectivity index (χ4v) is 3.32. The highest BCUT2D eigenvalue weighted by Crippen LogP contribution is 2.36. The monoisotopic (exact) mass is 388 g/mol. The number of para-hydroxylation sites is 1. The Kier molecular flexibility index (Phi) is 3.80. The van der Waals surface area contributed by atoms with E-state index in [0.29, 0.717) is 44.8 Å². The highest BCUT2D eigenvalue weighted by molar-refractivity contribution is 6.34. The van der Waals surface area contributed by atoms with Gasteiger partial charge in [-0.1, -0.05) is 29.8 Å². The third-order valence-electron chi connectivity index (χ3n) is 4.37. The lowest BCUT2D eigenvalue weighted by Gasteiger charge is -2.08. The van der Waals surface area contributed by atoms with Crippen molar-refractivity contribution in [3.8, 4) is 22.9 Å². The number of H-pyrrole nitrogens is 1. The first-order valence-electron chi connectivity index (χ1n) is 8.47. The maximum Gasteiger partial charge on any atom is 0.219 e. The Morgan fingerprint density at radius 3 is 2.71 bits per heavy atom. The zero-order valence-electron chi connectivity index (χ0n) is 14.4. The van der Waals surface area contributed by atoms with E-state index in [1.54, 1.807) is 0 Å². The van der Waals surface area contributed by atoms with Crippen LogP contribution < -0.4 is 10.5 Å². The Morgan fingerprint density at radius 1 is 1.00 bits per heavy atom. The number of aromatic nitrogens is 5. The van der Waals surface area contributed by atoms with Crippen molar-refractivity contribution in [1.82, 2.24) is 25.1 Å². The van der Waals surface area contributed by atoms with E-state index in [4.69, 9.17) is 22.1 Å². The van der Waals surface area contributed by atoms with Gasteiger partial charge >= 0.3 is 0 Å². The second-order valence-electron chi connectivity index (χ2n) is 6.15. The molecule has 0 fully saturated rings. The molecule has 0 aliphatic heterocycles. The van der Waals surface area contributed by atoms with Gasteiger partial charge in [0.15, 0.2) is 5.65 Å². The summed E-state index contributed by atoms with van der Waals surface area (Å²) in [6.45, 7) is 0. The molecule has 2 aromatic carbocycles. The summed E-state index contributed by atoms with van der Waals surface area (Å²) in [5, 5.41) is 9.20. The Labute approximate surface area is 164 Å². The molecule has 0 aliphatic rings. The van der Waals surface area contributed by atoms with Gasteiger partial charge in [-0.15, -0.1) is 0 Å². The average Bonchev–Trinajstić information content (AvgIpc) is 3.14. The van der Waals surface area contributed by atoms with E-state index in [1.807, 2.05) is 54.6 Å². The largest absolute Gasteiger partial charge is 0.439 e. The molecule has 0 aliphatic carbocycles. The molecule has 0 radical (unpaired) electrons. The van der Waals surface area contributed by atoms with Crippen molar-refractivity contribution in [2.45, 2.75) is 0 Å². The van der Waals surface area contributed by atoms with Crippen LogP contribution in [-0.2, 0) is 0 Å². The molecule has 0 saturated heterocycles. The summed E-state index contributed by atoms with van der Waals surface area (Å²) in [6.07, 6.45) is 1.37. The number of aromatic amines is 1. The number of nitrogens with two attached hydrogens (primary N) is 1. The van der Waals surface area contributed by atoms with E-state index in [2.05, 4.69) is 25.1 Å². The second kappa shape index (κ2) is 6.47. The Hall–Kier alpha value is -3.71. The van der Waals surface area contributed by atoms with Crippen LogP contribution in [-0.4, -0.2) is 25.1 Å². The molecule has 28 heavy (non-hydrogen) atoms. The predicted molar refractivity (Wildman–Crippen MR) is 108 cm³/mol. The summed E-state index contributed by atoms with van der Waals surface area (Å²) in [4.78, 5) is 12.8. The number of rotatable bonds is 3. The molecule has 3 N–H and O–H groups in total. The van der Waals surface area contributed by atoms with Gasteiger partial charge in [0.2, 0.25) is 5.88 Å². The van der Waals surface area contributed by atoms with Crippen molar-refractivity contribution < 1.29 is 4.74 Å². The molecule has 8 heteroatoms. The lowest BCUT2D eigenvalue weighted by atomic mass is 10.1. The highest BCUT2D eigenvalue weighted by atomic mass is 35.5. The number of ether oxygens (including phenoxy) is 1. The lowest BCUT2D eigenvalue weighted by Crippen LogP contribution is -1.93. The van der Waals surface area contributed by atoms with Gasteiger partial charge in [-0.2, -0.15) is 5.10 Å². The summed E-state index contributed by atoms with van der Waals surface area (Å²) >= 11 is 6.53. The number of benzene rings is 2. The second-order valence-corrected chi connectivity index (χ2v) is 6.55. The van der Waals surface area contributed by atoms with E-state index in [1.165, 1.54) is 6.33 Å². The minimum Gasteiger partial charge on any atom is -0.439 e. The highest BCUT2D eigenvalue weighted by Gasteiger charge is 2.16. The van der Waals surface area contributed by atoms with Crippen LogP contribution in [0.4, 0.5) is 5.82 Å². The van der Waals surface area contributed by atoms with Crippen LogP contribution >= 0.6 is 11.6 Å². The Balaban J connectivity index is 1.64. The number of hydrogen-bond donors (Lipinski definition) is 2. The van der Waals surface area contributed by atoms with Gasteiger partial charge in [-0.25, -0.2) is 15.0 Å². The van der Waals surface area contributed by atoms with Gasteiger partial charge in [-0.3, -0.25) is 5.10 Å². The smallest absolute Gasteiger partial charge is 0.219 e. The van der Waals surface area contributed by atoms with Gasteiger partial charge < -0.3 is 10.5 Å². The normalized spacial score (nSPS) is 11.2. The molecule has 7 nitrogen and oxygen atoms in total. The Bertz CT molecular complexity index is 1320. The molecule has 5 aromatic rings. The number of nitrogen functional groups attached to an aromatic ring is 1. The van der Waals surface area contributed by atoms with E-state index < -0.39 is 0 Å².